The van der Waals surface area contributed by atoms with Gasteiger partial charge in [0.2, 0.25) is 5.91 Å². The molecule has 2 N–H and O–H groups in total. The minimum atomic E-state index is -0.0335. The molecular formula is C15H16N4O2. The first kappa shape index (κ1) is 13.4. The molecule has 0 saturated heterocycles. The number of aryl methyl sites for hydroxylation is 2. The maximum Gasteiger partial charge on any atom is 0.224 e. The van der Waals surface area contributed by atoms with Gasteiger partial charge in [0, 0.05) is 23.1 Å². The van der Waals surface area contributed by atoms with Gasteiger partial charge in [0.15, 0.2) is 0 Å². The van der Waals surface area contributed by atoms with Crippen molar-refractivity contribution in [3.8, 4) is 0 Å². The van der Waals surface area contributed by atoms with Crippen LogP contribution in [0.25, 0.3) is 10.9 Å². The lowest BCUT2D eigenvalue weighted by molar-refractivity contribution is -0.116. The summed E-state index contributed by atoms with van der Waals surface area (Å²) in [6.07, 6.45) is 2.77. The van der Waals surface area contributed by atoms with Gasteiger partial charge < -0.3 is 9.84 Å². The molecule has 1 amide bonds. The van der Waals surface area contributed by atoms with Crippen molar-refractivity contribution < 1.29 is 9.32 Å². The van der Waals surface area contributed by atoms with Crippen molar-refractivity contribution in [1.29, 1.82) is 0 Å². The summed E-state index contributed by atoms with van der Waals surface area (Å²) in [5.41, 5.74) is 3.52. The standard InChI is InChI=1S/C15H16N4O2/c1-9-13(10(2)21-19-9)5-6-15(20)17-12-4-3-11-8-16-18-14(11)7-12/h3-4,7-8H,5-6H2,1-2H3,(H,16,18)(H,17,20). The number of benzene rings is 1. The number of aromatic amines is 1. The van der Waals surface area contributed by atoms with Crippen LogP contribution in [0.15, 0.2) is 28.9 Å². The Morgan fingerprint density at radius 2 is 2.24 bits per heavy atom. The highest BCUT2D eigenvalue weighted by Gasteiger charge is 2.11. The van der Waals surface area contributed by atoms with Crippen molar-refractivity contribution in [2.75, 3.05) is 5.32 Å². The van der Waals surface area contributed by atoms with Gasteiger partial charge in [-0.3, -0.25) is 9.89 Å². The van der Waals surface area contributed by atoms with Gasteiger partial charge in [-0.15, -0.1) is 0 Å². The zero-order valence-electron chi connectivity index (χ0n) is 11.9. The first-order chi connectivity index (χ1) is 10.1. The van der Waals surface area contributed by atoms with Crippen molar-refractivity contribution in [3.63, 3.8) is 0 Å². The van der Waals surface area contributed by atoms with Gasteiger partial charge in [-0.2, -0.15) is 5.10 Å². The predicted molar refractivity (Wildman–Crippen MR) is 79.0 cm³/mol. The molecule has 0 fully saturated rings. The molecule has 3 rings (SSSR count). The average molecular weight is 284 g/mol. The van der Waals surface area contributed by atoms with Gasteiger partial charge in [-0.25, -0.2) is 0 Å². The number of aromatic nitrogens is 3. The fourth-order valence-electron chi connectivity index (χ4n) is 2.34. The maximum atomic E-state index is 12.0. The highest BCUT2D eigenvalue weighted by atomic mass is 16.5. The molecule has 1 aromatic carbocycles. The van der Waals surface area contributed by atoms with Crippen LogP contribution in [0.2, 0.25) is 0 Å². The number of nitrogens with one attached hydrogen (secondary N) is 2. The molecule has 0 bridgehead atoms. The van der Waals surface area contributed by atoms with Crippen LogP contribution in [0.5, 0.6) is 0 Å². The molecule has 0 saturated carbocycles. The Bertz CT molecular complexity index is 768. The van der Waals surface area contributed by atoms with E-state index >= 15 is 0 Å². The van der Waals surface area contributed by atoms with E-state index in [1.807, 2.05) is 32.0 Å². The first-order valence-electron chi connectivity index (χ1n) is 6.78. The zero-order chi connectivity index (χ0) is 14.8. The van der Waals surface area contributed by atoms with Crippen molar-refractivity contribution in [3.05, 3.63) is 41.4 Å². The van der Waals surface area contributed by atoms with E-state index in [-0.39, 0.29) is 5.91 Å². The van der Waals surface area contributed by atoms with Crippen molar-refractivity contribution in [2.45, 2.75) is 26.7 Å². The lowest BCUT2D eigenvalue weighted by Crippen LogP contribution is -2.12. The molecule has 2 aromatic heterocycles. The van der Waals surface area contributed by atoms with Crippen LogP contribution in [0.4, 0.5) is 5.69 Å². The van der Waals surface area contributed by atoms with Crippen LogP contribution in [-0.4, -0.2) is 21.3 Å². The van der Waals surface area contributed by atoms with E-state index in [0.717, 1.165) is 33.6 Å². The minimum absolute atomic E-state index is 0.0335. The van der Waals surface area contributed by atoms with Crippen LogP contribution in [0.3, 0.4) is 0 Å². The van der Waals surface area contributed by atoms with Gasteiger partial charge >= 0.3 is 0 Å². The molecule has 0 aliphatic rings. The van der Waals surface area contributed by atoms with Crippen LogP contribution in [0.1, 0.15) is 23.4 Å². The summed E-state index contributed by atoms with van der Waals surface area (Å²) >= 11 is 0. The Labute approximate surface area is 121 Å². The summed E-state index contributed by atoms with van der Waals surface area (Å²) in [6.45, 7) is 3.75. The van der Waals surface area contributed by atoms with Gasteiger partial charge in [0.25, 0.3) is 0 Å². The van der Waals surface area contributed by atoms with E-state index in [4.69, 9.17) is 4.52 Å². The van der Waals surface area contributed by atoms with E-state index in [1.54, 1.807) is 6.20 Å². The van der Waals surface area contributed by atoms with E-state index in [1.165, 1.54) is 0 Å². The highest BCUT2D eigenvalue weighted by Crippen LogP contribution is 2.18. The third-order valence-corrected chi connectivity index (χ3v) is 3.51. The number of hydrogen-bond acceptors (Lipinski definition) is 4. The molecule has 6 heteroatoms. The molecule has 0 spiro atoms. The summed E-state index contributed by atoms with van der Waals surface area (Å²) in [4.78, 5) is 12.0. The number of rotatable bonds is 4. The Kier molecular flexibility index (Phi) is 3.43. The lowest BCUT2D eigenvalue weighted by atomic mass is 10.1. The van der Waals surface area contributed by atoms with E-state index in [0.29, 0.717) is 12.8 Å². The molecule has 0 atom stereocenters. The largest absolute Gasteiger partial charge is 0.361 e. The fourth-order valence-corrected chi connectivity index (χ4v) is 2.34. The summed E-state index contributed by atoms with van der Waals surface area (Å²) in [7, 11) is 0. The van der Waals surface area contributed by atoms with Crippen molar-refractivity contribution >= 4 is 22.5 Å². The second kappa shape index (κ2) is 5.40. The number of amides is 1. The summed E-state index contributed by atoms with van der Waals surface area (Å²) in [6, 6.07) is 5.66. The molecule has 21 heavy (non-hydrogen) atoms. The van der Waals surface area contributed by atoms with Crippen LogP contribution >= 0.6 is 0 Å². The number of nitrogens with zero attached hydrogens (tertiary/aromatic N) is 2. The molecular weight excluding hydrogens is 268 g/mol. The molecule has 0 aliphatic carbocycles. The van der Waals surface area contributed by atoms with Gasteiger partial charge in [0.1, 0.15) is 5.76 Å². The number of fused-ring (bicyclic) bond motifs is 1. The van der Waals surface area contributed by atoms with Crippen LogP contribution < -0.4 is 5.32 Å². The molecule has 108 valence electrons. The first-order valence-corrected chi connectivity index (χ1v) is 6.78. The Morgan fingerprint density at radius 3 is 3.00 bits per heavy atom. The smallest absolute Gasteiger partial charge is 0.224 e. The number of hydrogen-bond donors (Lipinski definition) is 2. The molecule has 2 heterocycles. The normalized spacial score (nSPS) is 11.0. The molecule has 3 aromatic rings. The van der Waals surface area contributed by atoms with Gasteiger partial charge in [-0.05, 0) is 38.5 Å². The minimum Gasteiger partial charge on any atom is -0.361 e. The molecule has 6 nitrogen and oxygen atoms in total. The van der Waals surface area contributed by atoms with Crippen LogP contribution in [-0.2, 0) is 11.2 Å². The molecule has 0 aliphatic heterocycles. The third-order valence-electron chi connectivity index (χ3n) is 3.51. The molecule has 0 unspecified atom stereocenters. The van der Waals surface area contributed by atoms with E-state index in [9.17, 15) is 4.79 Å². The Morgan fingerprint density at radius 1 is 1.38 bits per heavy atom. The maximum absolute atomic E-state index is 12.0. The fraction of sp³-hybridized carbons (Fsp3) is 0.267. The SMILES string of the molecule is Cc1noc(C)c1CCC(=O)Nc1ccc2cn[nH]c2c1. The van der Waals surface area contributed by atoms with E-state index in [2.05, 4.69) is 20.7 Å². The van der Waals surface area contributed by atoms with E-state index < -0.39 is 0 Å². The summed E-state index contributed by atoms with van der Waals surface area (Å²) in [5, 5.41) is 14.6. The topological polar surface area (TPSA) is 83.8 Å². The molecule has 0 radical (unpaired) electrons. The monoisotopic (exact) mass is 284 g/mol. The predicted octanol–water partition coefficient (Wildman–Crippen LogP) is 2.74. The van der Waals surface area contributed by atoms with Crippen molar-refractivity contribution in [1.82, 2.24) is 15.4 Å². The number of carbonyl (C=O) groups is 1. The summed E-state index contributed by atoms with van der Waals surface area (Å²) in [5.74, 6) is 0.744. The van der Waals surface area contributed by atoms with Gasteiger partial charge in [0.05, 0.1) is 17.4 Å². The van der Waals surface area contributed by atoms with Crippen molar-refractivity contribution in [2.24, 2.45) is 0 Å². The highest BCUT2D eigenvalue weighted by molar-refractivity contribution is 5.93. The van der Waals surface area contributed by atoms with Gasteiger partial charge in [-0.1, -0.05) is 5.16 Å². The second-order valence-electron chi connectivity index (χ2n) is 5.02. The number of anilines is 1. The third kappa shape index (κ3) is 2.79. The zero-order valence-corrected chi connectivity index (χ0v) is 11.9. The quantitative estimate of drug-likeness (QED) is 0.771. The Balaban J connectivity index is 1.63. The average Bonchev–Trinajstić information content (AvgIpc) is 3.04. The second-order valence-corrected chi connectivity index (χ2v) is 5.02. The van der Waals surface area contributed by atoms with Crippen LogP contribution in [0, 0.1) is 13.8 Å². The number of H-pyrrole nitrogens is 1. The summed E-state index contributed by atoms with van der Waals surface area (Å²) < 4.78 is 5.09. The Hall–Kier alpha value is -2.63. The number of carbonyl (C=O) groups excluding carboxylic acids is 1. The lowest BCUT2D eigenvalue weighted by Gasteiger charge is -2.05.